The quantitative estimate of drug-likeness (QED) is 0.753. The van der Waals surface area contributed by atoms with Crippen LogP contribution in [-0.2, 0) is 26.6 Å². The molecular formula is C14H18N4O4S2. The minimum absolute atomic E-state index is 0.0484. The fraction of sp³-hybridized carbons (Fsp3) is 0.214. The van der Waals surface area contributed by atoms with Crippen molar-refractivity contribution in [2.45, 2.75) is 16.3 Å². The van der Waals surface area contributed by atoms with Crippen LogP contribution >= 0.6 is 0 Å². The molecule has 1 aromatic heterocycles. The molecule has 2 aromatic rings. The third-order valence-corrected chi connectivity index (χ3v) is 5.54. The number of rotatable bonds is 6. The van der Waals surface area contributed by atoms with E-state index in [9.17, 15) is 16.8 Å². The summed E-state index contributed by atoms with van der Waals surface area (Å²) in [5, 5.41) is 4.98. The number of hydrogen-bond acceptors (Lipinski definition) is 6. The van der Waals surface area contributed by atoms with Crippen molar-refractivity contribution >= 4 is 25.9 Å². The van der Waals surface area contributed by atoms with Crippen molar-refractivity contribution in [3.05, 3.63) is 48.2 Å². The third-order valence-electron chi connectivity index (χ3n) is 3.20. The molecule has 3 N–H and O–H groups in total. The highest BCUT2D eigenvalue weighted by Gasteiger charge is 2.15. The summed E-state index contributed by atoms with van der Waals surface area (Å²) in [6.07, 6.45) is 1.59. The Morgan fingerprint density at radius 1 is 1.00 bits per heavy atom. The minimum Gasteiger partial charge on any atom is -0.363 e. The predicted molar refractivity (Wildman–Crippen MR) is 90.4 cm³/mol. The molecule has 2 rings (SSSR count). The number of hydrogen-bond donors (Lipinski definition) is 2. The molecule has 0 aliphatic rings. The van der Waals surface area contributed by atoms with Gasteiger partial charge in [-0.25, -0.2) is 31.7 Å². The van der Waals surface area contributed by atoms with Crippen LogP contribution < -0.4 is 14.8 Å². The molecule has 0 spiro atoms. The molecular weight excluding hydrogens is 352 g/mol. The lowest BCUT2D eigenvalue weighted by molar-refractivity contribution is 0.580. The standard InChI is InChI=1S/C14H18N4O4S2/c1-18(2)14-8-3-11(9-16-14)10-17-24(21,22)13-6-4-12(5-7-13)23(15,19)20/h3-9,17H,10H2,1-2H3,(H2,15,19,20). The number of aromatic nitrogens is 1. The van der Waals surface area contributed by atoms with Crippen molar-refractivity contribution in [1.29, 1.82) is 0 Å². The first-order valence-electron chi connectivity index (χ1n) is 6.84. The van der Waals surface area contributed by atoms with Crippen molar-refractivity contribution in [3.63, 3.8) is 0 Å². The Morgan fingerprint density at radius 3 is 2.04 bits per heavy atom. The largest absolute Gasteiger partial charge is 0.363 e. The first-order chi connectivity index (χ1) is 11.1. The second kappa shape index (κ2) is 6.85. The fourth-order valence-corrected chi connectivity index (χ4v) is 3.39. The highest BCUT2D eigenvalue weighted by Crippen LogP contribution is 2.14. The Bertz CT molecular complexity index is 906. The summed E-state index contributed by atoms with van der Waals surface area (Å²) in [4.78, 5) is 5.84. The molecule has 10 heteroatoms. The molecule has 0 unspecified atom stereocenters. The number of nitrogens with zero attached hydrogens (tertiary/aromatic N) is 2. The Kier molecular flexibility index (Phi) is 5.23. The third kappa shape index (κ3) is 4.51. The summed E-state index contributed by atoms with van der Waals surface area (Å²) in [5.74, 6) is 0.764. The van der Waals surface area contributed by atoms with Gasteiger partial charge in [0, 0.05) is 26.8 Å². The Balaban J connectivity index is 2.11. The van der Waals surface area contributed by atoms with E-state index >= 15 is 0 Å². The maximum absolute atomic E-state index is 12.2. The second-order valence-electron chi connectivity index (χ2n) is 5.26. The summed E-state index contributed by atoms with van der Waals surface area (Å²) >= 11 is 0. The van der Waals surface area contributed by atoms with E-state index in [2.05, 4.69) is 9.71 Å². The molecule has 0 aliphatic heterocycles. The van der Waals surface area contributed by atoms with Crippen molar-refractivity contribution in [1.82, 2.24) is 9.71 Å². The van der Waals surface area contributed by atoms with Crippen LogP contribution in [0.15, 0.2) is 52.4 Å². The molecule has 0 fully saturated rings. The number of anilines is 1. The summed E-state index contributed by atoms with van der Waals surface area (Å²) in [6.45, 7) is 0.0694. The van der Waals surface area contributed by atoms with Crippen LogP contribution in [0.5, 0.6) is 0 Å². The Morgan fingerprint density at radius 2 is 1.58 bits per heavy atom. The van der Waals surface area contributed by atoms with E-state index < -0.39 is 20.0 Å². The second-order valence-corrected chi connectivity index (χ2v) is 8.59. The lowest BCUT2D eigenvalue weighted by atomic mass is 10.3. The predicted octanol–water partition coefficient (Wildman–Crippen LogP) is 0.274. The summed E-state index contributed by atoms with van der Waals surface area (Å²) in [5.41, 5.74) is 0.699. The van der Waals surface area contributed by atoms with E-state index in [-0.39, 0.29) is 16.3 Å². The van der Waals surface area contributed by atoms with Crippen LogP contribution in [0.1, 0.15) is 5.56 Å². The highest BCUT2D eigenvalue weighted by atomic mass is 32.2. The van der Waals surface area contributed by atoms with Gasteiger partial charge in [-0.15, -0.1) is 0 Å². The van der Waals surface area contributed by atoms with Crippen molar-refractivity contribution in [3.8, 4) is 0 Å². The lowest BCUT2D eigenvalue weighted by Crippen LogP contribution is -2.23. The van der Waals surface area contributed by atoms with Crippen molar-refractivity contribution < 1.29 is 16.8 Å². The number of benzene rings is 1. The van der Waals surface area contributed by atoms with Crippen LogP contribution in [0.2, 0.25) is 0 Å². The smallest absolute Gasteiger partial charge is 0.240 e. The van der Waals surface area contributed by atoms with Crippen LogP contribution in [0.4, 0.5) is 5.82 Å². The zero-order chi connectivity index (χ0) is 18.0. The van der Waals surface area contributed by atoms with Gasteiger partial charge in [-0.1, -0.05) is 6.07 Å². The molecule has 24 heavy (non-hydrogen) atoms. The summed E-state index contributed by atoms with van der Waals surface area (Å²) < 4.78 is 49.2. The molecule has 1 aromatic carbocycles. The van der Waals surface area contributed by atoms with Gasteiger partial charge >= 0.3 is 0 Å². The zero-order valence-electron chi connectivity index (χ0n) is 13.2. The van der Waals surface area contributed by atoms with Crippen LogP contribution in [0, 0.1) is 0 Å². The first kappa shape index (κ1) is 18.3. The van der Waals surface area contributed by atoms with Crippen LogP contribution in [-0.4, -0.2) is 35.9 Å². The maximum Gasteiger partial charge on any atom is 0.240 e. The number of pyridine rings is 1. The SMILES string of the molecule is CN(C)c1ccc(CNS(=O)(=O)c2ccc(S(N)(=O)=O)cc2)cn1. The number of nitrogens with two attached hydrogens (primary N) is 1. The molecule has 1 heterocycles. The lowest BCUT2D eigenvalue weighted by Gasteiger charge is -2.11. The number of primary sulfonamides is 1. The summed E-state index contributed by atoms with van der Waals surface area (Å²) in [7, 11) is -3.92. The fourth-order valence-electron chi connectivity index (χ4n) is 1.86. The van der Waals surface area contributed by atoms with E-state index in [0.29, 0.717) is 5.56 Å². The molecule has 0 aliphatic carbocycles. The monoisotopic (exact) mass is 370 g/mol. The van der Waals surface area contributed by atoms with Crippen molar-refractivity contribution in [2.24, 2.45) is 5.14 Å². The molecule has 130 valence electrons. The van der Waals surface area contributed by atoms with E-state index in [1.165, 1.54) is 12.1 Å². The molecule has 0 bridgehead atoms. The molecule has 0 amide bonds. The van der Waals surface area contributed by atoms with E-state index in [1.54, 1.807) is 18.3 Å². The van der Waals surface area contributed by atoms with Crippen LogP contribution in [0.25, 0.3) is 0 Å². The topological polar surface area (TPSA) is 122 Å². The first-order valence-corrected chi connectivity index (χ1v) is 9.87. The van der Waals surface area contributed by atoms with Gasteiger partial charge < -0.3 is 4.90 Å². The van der Waals surface area contributed by atoms with Gasteiger partial charge in [-0.05, 0) is 35.9 Å². The molecule has 0 saturated carbocycles. The molecule has 8 nitrogen and oxygen atoms in total. The van der Waals surface area contributed by atoms with Gasteiger partial charge in [0.2, 0.25) is 20.0 Å². The van der Waals surface area contributed by atoms with Gasteiger partial charge in [0.1, 0.15) is 5.82 Å². The highest BCUT2D eigenvalue weighted by molar-refractivity contribution is 7.89. The average molecular weight is 370 g/mol. The minimum atomic E-state index is -3.86. The van der Waals surface area contributed by atoms with Gasteiger partial charge in [0.05, 0.1) is 9.79 Å². The van der Waals surface area contributed by atoms with E-state index in [1.807, 2.05) is 19.0 Å². The van der Waals surface area contributed by atoms with Crippen LogP contribution in [0.3, 0.4) is 0 Å². The average Bonchev–Trinajstić information content (AvgIpc) is 2.53. The molecule has 0 atom stereocenters. The van der Waals surface area contributed by atoms with Crippen molar-refractivity contribution in [2.75, 3.05) is 19.0 Å². The van der Waals surface area contributed by atoms with Gasteiger partial charge in [-0.3, -0.25) is 0 Å². The number of nitrogens with one attached hydrogen (secondary N) is 1. The maximum atomic E-state index is 12.2. The normalized spacial score (nSPS) is 12.1. The summed E-state index contributed by atoms with van der Waals surface area (Å²) in [6, 6.07) is 8.24. The zero-order valence-corrected chi connectivity index (χ0v) is 14.8. The number of sulfonamides is 2. The van der Waals surface area contributed by atoms with Gasteiger partial charge in [0.25, 0.3) is 0 Å². The van der Waals surface area contributed by atoms with E-state index in [0.717, 1.165) is 18.0 Å². The Labute approximate surface area is 141 Å². The van der Waals surface area contributed by atoms with Gasteiger partial charge in [-0.2, -0.15) is 0 Å². The van der Waals surface area contributed by atoms with E-state index in [4.69, 9.17) is 5.14 Å². The molecule has 0 saturated heterocycles. The Hall–Kier alpha value is -2.01. The molecule has 0 radical (unpaired) electrons. The van der Waals surface area contributed by atoms with Gasteiger partial charge in [0.15, 0.2) is 0 Å².